The number of aromatic nitrogens is 1. The van der Waals surface area contributed by atoms with Crippen LogP contribution in [0.4, 0.5) is 23.2 Å². The molecule has 168 valence electrons. The van der Waals surface area contributed by atoms with Crippen molar-refractivity contribution in [1.82, 2.24) is 15.2 Å². The van der Waals surface area contributed by atoms with Gasteiger partial charge in [-0.15, -0.1) is 12.6 Å². The van der Waals surface area contributed by atoms with Gasteiger partial charge in [0.15, 0.2) is 5.69 Å². The van der Waals surface area contributed by atoms with Gasteiger partial charge in [-0.1, -0.05) is 18.2 Å². The Morgan fingerprint density at radius 1 is 1.31 bits per heavy atom. The van der Waals surface area contributed by atoms with Crippen molar-refractivity contribution < 1.29 is 27.2 Å². The SMILES string of the molecule is CC1(C)C(=O)N(c2cnc(C#N)c(C(F)(F)F)c2)C(S)N1C(F)NC(=O)c1ccccc1. The Bertz CT molecular complexity index is 1090. The fraction of sp³-hybridized carbons (Fsp3) is 0.300. The first kappa shape index (κ1) is 23.5. The van der Waals surface area contributed by atoms with Crippen LogP contribution in [0.25, 0.3) is 0 Å². The van der Waals surface area contributed by atoms with Crippen LogP contribution >= 0.6 is 12.6 Å². The molecule has 32 heavy (non-hydrogen) atoms. The van der Waals surface area contributed by atoms with Crippen molar-refractivity contribution in [3.8, 4) is 6.07 Å². The molecule has 0 aliphatic carbocycles. The van der Waals surface area contributed by atoms with Gasteiger partial charge in [0.05, 0.1) is 17.4 Å². The summed E-state index contributed by atoms with van der Waals surface area (Å²) in [5, 5.41) is 11.0. The third-order valence-corrected chi connectivity index (χ3v) is 5.44. The summed E-state index contributed by atoms with van der Waals surface area (Å²) in [6.45, 7) is 2.70. The van der Waals surface area contributed by atoms with Crippen LogP contribution in [0.5, 0.6) is 0 Å². The number of nitrogens with zero attached hydrogens (tertiary/aromatic N) is 4. The van der Waals surface area contributed by atoms with Crippen molar-refractivity contribution in [2.24, 2.45) is 0 Å². The molecular formula is C20H17F4N5O2S. The second-order valence-electron chi connectivity index (χ2n) is 7.36. The number of carbonyl (C=O) groups excluding carboxylic acids is 2. The molecule has 1 aromatic heterocycles. The lowest BCUT2D eigenvalue weighted by Gasteiger charge is -2.33. The molecular weight excluding hydrogens is 450 g/mol. The summed E-state index contributed by atoms with van der Waals surface area (Å²) >= 11 is 4.24. The fourth-order valence-corrected chi connectivity index (χ4v) is 3.96. The van der Waals surface area contributed by atoms with E-state index in [1.54, 1.807) is 18.2 Å². The van der Waals surface area contributed by atoms with Crippen LogP contribution < -0.4 is 10.2 Å². The van der Waals surface area contributed by atoms with Gasteiger partial charge in [0.1, 0.15) is 17.1 Å². The molecule has 0 bridgehead atoms. The van der Waals surface area contributed by atoms with Crippen molar-refractivity contribution in [3.05, 3.63) is 59.4 Å². The Kier molecular flexibility index (Phi) is 6.17. The largest absolute Gasteiger partial charge is 0.419 e. The number of hydrogen-bond donors (Lipinski definition) is 2. The summed E-state index contributed by atoms with van der Waals surface area (Å²) in [5.41, 5.74) is -5.30. The number of nitriles is 1. The van der Waals surface area contributed by atoms with Crippen LogP contribution in [0.1, 0.15) is 35.5 Å². The summed E-state index contributed by atoms with van der Waals surface area (Å²) in [5.74, 6) is -1.52. The number of halogens is 4. The lowest BCUT2D eigenvalue weighted by Crippen LogP contribution is -2.55. The van der Waals surface area contributed by atoms with Gasteiger partial charge in [-0.25, -0.2) is 14.3 Å². The van der Waals surface area contributed by atoms with Crippen LogP contribution in [0.3, 0.4) is 0 Å². The molecule has 1 saturated heterocycles. The highest BCUT2D eigenvalue weighted by molar-refractivity contribution is 7.81. The summed E-state index contributed by atoms with van der Waals surface area (Å²) in [6.07, 6.45) is -6.18. The van der Waals surface area contributed by atoms with Crippen LogP contribution in [0.2, 0.25) is 0 Å². The minimum Gasteiger partial charge on any atom is -0.310 e. The summed E-state index contributed by atoms with van der Waals surface area (Å²) in [4.78, 5) is 30.6. The maximum Gasteiger partial charge on any atom is 0.419 e. The lowest BCUT2D eigenvalue weighted by atomic mass is 10.0. The third kappa shape index (κ3) is 4.13. The molecule has 0 spiro atoms. The van der Waals surface area contributed by atoms with E-state index >= 15 is 4.39 Å². The zero-order chi connectivity index (χ0) is 23.8. The van der Waals surface area contributed by atoms with E-state index in [4.69, 9.17) is 5.26 Å². The van der Waals surface area contributed by atoms with Gasteiger partial charge < -0.3 is 5.32 Å². The number of anilines is 1. The number of amides is 2. The molecule has 12 heteroatoms. The number of benzene rings is 1. The molecule has 1 aliphatic heterocycles. The molecule has 1 N–H and O–H groups in total. The molecule has 3 rings (SSSR count). The number of nitrogens with one attached hydrogen (secondary N) is 1. The van der Waals surface area contributed by atoms with Crippen molar-refractivity contribution in [2.45, 2.75) is 37.5 Å². The number of thiol groups is 1. The van der Waals surface area contributed by atoms with E-state index in [0.717, 1.165) is 16.0 Å². The quantitative estimate of drug-likeness (QED) is 0.409. The number of carbonyl (C=O) groups is 2. The Hall–Kier alpha value is -3.17. The Balaban J connectivity index is 1.94. The summed E-state index contributed by atoms with van der Waals surface area (Å²) in [6, 6.07) is 9.72. The molecule has 1 aliphatic rings. The molecule has 0 saturated carbocycles. The first-order valence-corrected chi connectivity index (χ1v) is 9.68. The zero-order valence-corrected chi connectivity index (χ0v) is 17.7. The van der Waals surface area contributed by atoms with E-state index in [2.05, 4.69) is 22.9 Å². The molecule has 2 amide bonds. The Morgan fingerprint density at radius 2 is 1.94 bits per heavy atom. The van der Waals surface area contributed by atoms with E-state index in [1.165, 1.54) is 32.0 Å². The van der Waals surface area contributed by atoms with Gasteiger partial charge in [0.25, 0.3) is 5.91 Å². The Labute approximate surface area is 186 Å². The molecule has 1 aromatic carbocycles. The number of pyridine rings is 1. The first-order chi connectivity index (χ1) is 14.9. The standard InChI is InChI=1S/C20H17F4N5O2S/c1-19(2)16(31)28(12-8-13(20(22,23)24)14(9-25)26-10-12)18(32)29(19)17(21)27-15(30)11-6-4-3-5-7-11/h3-8,10,17-18,32H,1-2H3,(H,27,30). The highest BCUT2D eigenvalue weighted by atomic mass is 32.1. The molecule has 7 nitrogen and oxygen atoms in total. The second kappa shape index (κ2) is 8.40. The zero-order valence-electron chi connectivity index (χ0n) is 16.8. The van der Waals surface area contributed by atoms with Crippen LogP contribution in [-0.4, -0.2) is 39.2 Å². The molecule has 0 radical (unpaired) electrons. The molecule has 2 aromatic rings. The first-order valence-electron chi connectivity index (χ1n) is 9.17. The average molecular weight is 467 g/mol. The summed E-state index contributed by atoms with van der Waals surface area (Å²) < 4.78 is 55.1. The van der Waals surface area contributed by atoms with Crippen molar-refractivity contribution >= 4 is 30.1 Å². The maximum atomic E-state index is 15.2. The van der Waals surface area contributed by atoms with Gasteiger partial charge in [-0.05, 0) is 32.0 Å². The molecule has 2 atom stereocenters. The minimum atomic E-state index is -4.90. The predicted molar refractivity (Wildman–Crippen MR) is 109 cm³/mol. The number of rotatable bonds is 4. The van der Waals surface area contributed by atoms with E-state index < -0.39 is 46.7 Å². The highest BCUT2D eigenvalue weighted by Crippen LogP contribution is 2.40. The van der Waals surface area contributed by atoms with Crippen molar-refractivity contribution in [1.29, 1.82) is 5.26 Å². The average Bonchev–Trinajstić information content (AvgIpc) is 2.91. The van der Waals surface area contributed by atoms with Crippen LogP contribution in [0.15, 0.2) is 42.6 Å². The van der Waals surface area contributed by atoms with Crippen LogP contribution in [0, 0.1) is 11.3 Å². The van der Waals surface area contributed by atoms with Gasteiger partial charge in [0.2, 0.25) is 12.3 Å². The van der Waals surface area contributed by atoms with E-state index in [-0.39, 0.29) is 11.3 Å². The smallest absolute Gasteiger partial charge is 0.310 e. The van der Waals surface area contributed by atoms with Crippen LogP contribution in [-0.2, 0) is 11.0 Å². The van der Waals surface area contributed by atoms with Gasteiger partial charge >= 0.3 is 6.18 Å². The van der Waals surface area contributed by atoms with Gasteiger partial charge in [-0.2, -0.15) is 18.4 Å². The van der Waals surface area contributed by atoms with Gasteiger partial charge in [0, 0.05) is 5.56 Å². The van der Waals surface area contributed by atoms with E-state index in [9.17, 15) is 22.8 Å². The summed E-state index contributed by atoms with van der Waals surface area (Å²) in [7, 11) is 0. The van der Waals surface area contributed by atoms with Gasteiger partial charge in [-0.3, -0.25) is 14.5 Å². The predicted octanol–water partition coefficient (Wildman–Crippen LogP) is 3.30. The normalized spacial score (nSPS) is 19.5. The number of hydrogen-bond acceptors (Lipinski definition) is 6. The molecule has 2 heterocycles. The minimum absolute atomic E-state index is 0.178. The van der Waals surface area contributed by atoms with Crippen molar-refractivity contribution in [2.75, 3.05) is 4.90 Å². The topological polar surface area (TPSA) is 89.3 Å². The number of alkyl halides is 4. The van der Waals surface area contributed by atoms with Crippen molar-refractivity contribution in [3.63, 3.8) is 0 Å². The monoisotopic (exact) mass is 467 g/mol. The molecule has 1 fully saturated rings. The Morgan fingerprint density at radius 3 is 2.50 bits per heavy atom. The third-order valence-electron chi connectivity index (χ3n) is 4.96. The maximum absolute atomic E-state index is 15.2. The lowest BCUT2D eigenvalue weighted by molar-refractivity contribution is -0.138. The fourth-order valence-electron chi connectivity index (χ4n) is 3.32. The second-order valence-corrected chi connectivity index (χ2v) is 7.82. The highest BCUT2D eigenvalue weighted by Gasteiger charge is 2.55. The van der Waals surface area contributed by atoms with E-state index in [1.807, 2.05) is 0 Å². The van der Waals surface area contributed by atoms with E-state index in [0.29, 0.717) is 6.07 Å². The molecule has 2 unspecified atom stereocenters.